The Morgan fingerprint density at radius 2 is 2.25 bits per heavy atom. The largest absolute Gasteiger partial charge is 0.339 e. The lowest BCUT2D eigenvalue weighted by molar-refractivity contribution is -0.116. The Morgan fingerprint density at radius 1 is 1.45 bits per heavy atom. The zero-order valence-corrected chi connectivity index (χ0v) is 11.4. The highest BCUT2D eigenvalue weighted by Crippen LogP contribution is 2.18. The molecule has 0 aliphatic rings. The summed E-state index contributed by atoms with van der Waals surface area (Å²) in [6, 6.07) is 7.59. The number of nitrogens with zero attached hydrogens (tertiary/aromatic N) is 2. The molecule has 1 aromatic carbocycles. The molecule has 1 aromatic heterocycles. The van der Waals surface area contributed by atoms with Crippen molar-refractivity contribution in [2.45, 2.75) is 26.2 Å². The Labute approximate surface area is 117 Å². The van der Waals surface area contributed by atoms with E-state index in [0.29, 0.717) is 31.0 Å². The highest BCUT2D eigenvalue weighted by Gasteiger charge is 2.10. The van der Waals surface area contributed by atoms with Crippen LogP contribution >= 0.6 is 0 Å². The van der Waals surface area contributed by atoms with Gasteiger partial charge in [-0.15, -0.1) is 6.58 Å². The first-order chi connectivity index (χ1) is 9.69. The van der Waals surface area contributed by atoms with Crippen molar-refractivity contribution < 1.29 is 9.32 Å². The average molecular weight is 271 g/mol. The van der Waals surface area contributed by atoms with E-state index < -0.39 is 0 Å². The zero-order valence-electron chi connectivity index (χ0n) is 11.4. The molecule has 0 aliphatic carbocycles. The van der Waals surface area contributed by atoms with E-state index in [0.717, 1.165) is 11.3 Å². The summed E-state index contributed by atoms with van der Waals surface area (Å²) < 4.78 is 5.11. The van der Waals surface area contributed by atoms with Crippen LogP contribution in [0, 0.1) is 6.92 Å². The molecular formula is C15H17N3O2. The van der Waals surface area contributed by atoms with Crippen molar-refractivity contribution in [1.29, 1.82) is 0 Å². The molecule has 5 nitrogen and oxygen atoms in total. The third kappa shape index (κ3) is 3.78. The van der Waals surface area contributed by atoms with Gasteiger partial charge in [0.05, 0.1) is 6.42 Å². The van der Waals surface area contributed by atoms with E-state index in [-0.39, 0.29) is 5.91 Å². The molecule has 0 atom stereocenters. The fraction of sp³-hybridized carbons (Fsp3) is 0.267. The van der Waals surface area contributed by atoms with E-state index >= 15 is 0 Å². The van der Waals surface area contributed by atoms with Gasteiger partial charge >= 0.3 is 0 Å². The average Bonchev–Trinajstić information content (AvgIpc) is 2.84. The van der Waals surface area contributed by atoms with Gasteiger partial charge in [-0.3, -0.25) is 4.79 Å². The second-order valence-electron chi connectivity index (χ2n) is 4.44. The predicted molar refractivity (Wildman–Crippen MR) is 76.3 cm³/mol. The van der Waals surface area contributed by atoms with Gasteiger partial charge in [-0.1, -0.05) is 29.4 Å². The standard InChI is InChI=1S/C15H17N3O2/c1-3-4-9-14(19)17-13-8-6-5-7-12(13)10-15-16-11(2)18-20-15/h3,5-8H,1,4,9-10H2,2H3,(H,17,19). The van der Waals surface area contributed by atoms with Crippen LogP contribution in [0.1, 0.15) is 30.1 Å². The van der Waals surface area contributed by atoms with Gasteiger partial charge in [-0.2, -0.15) is 4.98 Å². The summed E-state index contributed by atoms with van der Waals surface area (Å²) in [6.45, 7) is 5.38. The Kier molecular flexibility index (Phi) is 4.65. The Morgan fingerprint density at radius 3 is 2.95 bits per heavy atom. The number of benzene rings is 1. The number of carbonyl (C=O) groups excluding carboxylic acids is 1. The fourth-order valence-electron chi connectivity index (χ4n) is 1.82. The molecule has 0 bridgehead atoms. The molecule has 0 unspecified atom stereocenters. The van der Waals surface area contributed by atoms with Crippen molar-refractivity contribution in [2.24, 2.45) is 0 Å². The van der Waals surface area contributed by atoms with Crippen LogP contribution in [-0.2, 0) is 11.2 Å². The van der Waals surface area contributed by atoms with Crippen molar-refractivity contribution in [3.8, 4) is 0 Å². The first-order valence-electron chi connectivity index (χ1n) is 6.47. The number of allylic oxidation sites excluding steroid dienone is 1. The molecule has 0 fully saturated rings. The molecule has 0 radical (unpaired) electrons. The molecule has 0 saturated carbocycles. The number of amides is 1. The molecule has 2 aromatic rings. The van der Waals surface area contributed by atoms with Gasteiger partial charge in [-0.25, -0.2) is 0 Å². The molecule has 1 heterocycles. The van der Waals surface area contributed by atoms with Gasteiger partial charge < -0.3 is 9.84 Å². The topological polar surface area (TPSA) is 68.0 Å². The lowest BCUT2D eigenvalue weighted by Crippen LogP contribution is -2.12. The van der Waals surface area contributed by atoms with Crippen LogP contribution in [0.4, 0.5) is 5.69 Å². The number of anilines is 1. The van der Waals surface area contributed by atoms with E-state index in [4.69, 9.17) is 4.52 Å². The second kappa shape index (κ2) is 6.65. The van der Waals surface area contributed by atoms with Crippen molar-refractivity contribution in [3.63, 3.8) is 0 Å². The molecule has 0 saturated heterocycles. The maximum absolute atomic E-state index is 11.8. The first kappa shape index (κ1) is 14.0. The molecule has 0 spiro atoms. The summed E-state index contributed by atoms with van der Waals surface area (Å²) >= 11 is 0. The summed E-state index contributed by atoms with van der Waals surface area (Å²) in [5.74, 6) is 1.11. The van der Waals surface area contributed by atoms with E-state index in [1.165, 1.54) is 0 Å². The third-order valence-electron chi connectivity index (χ3n) is 2.78. The summed E-state index contributed by atoms with van der Waals surface area (Å²) in [6.07, 6.45) is 3.32. The number of rotatable bonds is 6. The predicted octanol–water partition coefficient (Wildman–Crippen LogP) is 2.87. The van der Waals surface area contributed by atoms with Gasteiger partial charge in [0.1, 0.15) is 0 Å². The zero-order chi connectivity index (χ0) is 14.4. The number of hydrogen-bond donors (Lipinski definition) is 1. The van der Waals surface area contributed by atoms with Gasteiger partial charge in [0.15, 0.2) is 5.82 Å². The van der Waals surface area contributed by atoms with E-state index in [9.17, 15) is 4.79 Å². The van der Waals surface area contributed by atoms with Crippen LogP contribution in [0.3, 0.4) is 0 Å². The smallest absolute Gasteiger partial charge is 0.231 e. The minimum absolute atomic E-state index is 0.0286. The van der Waals surface area contributed by atoms with Crippen LogP contribution in [0.5, 0.6) is 0 Å². The van der Waals surface area contributed by atoms with Gasteiger partial charge in [-0.05, 0) is 25.0 Å². The van der Waals surface area contributed by atoms with Crippen LogP contribution in [-0.4, -0.2) is 16.0 Å². The van der Waals surface area contributed by atoms with Gasteiger partial charge in [0.2, 0.25) is 11.8 Å². The van der Waals surface area contributed by atoms with Crippen LogP contribution in [0.25, 0.3) is 0 Å². The minimum atomic E-state index is -0.0286. The number of carbonyl (C=O) groups is 1. The van der Waals surface area contributed by atoms with Crippen molar-refractivity contribution in [3.05, 3.63) is 54.2 Å². The maximum Gasteiger partial charge on any atom is 0.231 e. The van der Waals surface area contributed by atoms with Gasteiger partial charge in [0.25, 0.3) is 0 Å². The van der Waals surface area contributed by atoms with Crippen molar-refractivity contribution in [1.82, 2.24) is 10.1 Å². The minimum Gasteiger partial charge on any atom is -0.339 e. The van der Waals surface area contributed by atoms with Crippen LogP contribution in [0.15, 0.2) is 41.4 Å². The van der Waals surface area contributed by atoms with E-state index in [1.54, 1.807) is 13.0 Å². The summed E-state index contributed by atoms with van der Waals surface area (Å²) in [5, 5.41) is 6.66. The molecular weight excluding hydrogens is 254 g/mol. The Balaban J connectivity index is 2.09. The molecule has 1 N–H and O–H groups in total. The molecule has 20 heavy (non-hydrogen) atoms. The molecule has 5 heteroatoms. The summed E-state index contributed by atoms with van der Waals surface area (Å²) in [5.41, 5.74) is 1.72. The van der Waals surface area contributed by atoms with Crippen LogP contribution < -0.4 is 5.32 Å². The lowest BCUT2D eigenvalue weighted by Gasteiger charge is -2.09. The molecule has 1 amide bonds. The second-order valence-corrected chi connectivity index (χ2v) is 4.44. The number of nitrogens with one attached hydrogen (secondary N) is 1. The quantitative estimate of drug-likeness (QED) is 0.820. The molecule has 2 rings (SSSR count). The van der Waals surface area contributed by atoms with E-state index in [2.05, 4.69) is 22.0 Å². The SMILES string of the molecule is C=CCCC(=O)Nc1ccccc1Cc1nc(C)no1. The Bertz CT molecular complexity index is 605. The van der Waals surface area contributed by atoms with Crippen molar-refractivity contribution in [2.75, 3.05) is 5.32 Å². The third-order valence-corrected chi connectivity index (χ3v) is 2.78. The Hall–Kier alpha value is -2.43. The normalized spacial score (nSPS) is 10.2. The number of aryl methyl sites for hydroxylation is 1. The van der Waals surface area contributed by atoms with Crippen molar-refractivity contribution >= 4 is 11.6 Å². The highest BCUT2D eigenvalue weighted by molar-refractivity contribution is 5.91. The first-order valence-corrected chi connectivity index (χ1v) is 6.47. The fourth-order valence-corrected chi connectivity index (χ4v) is 1.82. The van der Waals surface area contributed by atoms with Gasteiger partial charge in [0, 0.05) is 12.1 Å². The monoisotopic (exact) mass is 271 g/mol. The number of para-hydroxylation sites is 1. The molecule has 104 valence electrons. The van der Waals surface area contributed by atoms with Crippen LogP contribution in [0.2, 0.25) is 0 Å². The van der Waals surface area contributed by atoms with E-state index in [1.807, 2.05) is 24.3 Å². The maximum atomic E-state index is 11.8. The lowest BCUT2D eigenvalue weighted by atomic mass is 10.1. The summed E-state index contributed by atoms with van der Waals surface area (Å²) in [7, 11) is 0. The highest BCUT2D eigenvalue weighted by atomic mass is 16.5. The number of hydrogen-bond acceptors (Lipinski definition) is 4. The number of aromatic nitrogens is 2. The molecule has 0 aliphatic heterocycles. The summed E-state index contributed by atoms with van der Waals surface area (Å²) in [4.78, 5) is 15.9.